The first-order valence-corrected chi connectivity index (χ1v) is 7.26. The van der Waals surface area contributed by atoms with E-state index in [9.17, 15) is 10.1 Å². The lowest BCUT2D eigenvalue weighted by atomic mass is 9.96. The van der Waals surface area contributed by atoms with E-state index >= 15 is 0 Å². The van der Waals surface area contributed by atoms with Crippen LogP contribution in [0.15, 0.2) is 72.8 Å². The molecule has 0 fully saturated rings. The van der Waals surface area contributed by atoms with Crippen LogP contribution in [0.4, 0.5) is 5.69 Å². The summed E-state index contributed by atoms with van der Waals surface area (Å²) in [7, 11) is 0. The lowest BCUT2D eigenvalue weighted by Gasteiger charge is -2.11. The Balaban J connectivity index is 2.15. The Hall–Kier alpha value is -3.27. The number of benzene rings is 3. The zero-order chi connectivity index (χ0) is 15.8. The number of nitro groups is 1. The van der Waals surface area contributed by atoms with Crippen LogP contribution in [0.3, 0.4) is 0 Å². The minimum atomic E-state index is -0.366. The summed E-state index contributed by atoms with van der Waals surface area (Å²) >= 11 is 0. The number of nitrogens with zero attached hydrogens (tertiary/aromatic N) is 2. The molecular weight excluding hydrogens is 288 g/mol. The third kappa shape index (κ3) is 2.21. The average molecular weight is 300 g/mol. The molecule has 4 rings (SSSR count). The highest BCUT2D eigenvalue weighted by Gasteiger charge is 2.13. The summed E-state index contributed by atoms with van der Waals surface area (Å²) in [6, 6.07) is 22.5. The molecule has 0 aliphatic rings. The van der Waals surface area contributed by atoms with Crippen LogP contribution >= 0.6 is 0 Å². The van der Waals surface area contributed by atoms with E-state index < -0.39 is 0 Å². The molecule has 110 valence electrons. The first-order valence-electron chi connectivity index (χ1n) is 7.26. The van der Waals surface area contributed by atoms with Gasteiger partial charge in [0.2, 0.25) is 0 Å². The maximum atomic E-state index is 11.1. The van der Waals surface area contributed by atoms with E-state index in [0.717, 1.165) is 32.9 Å². The molecule has 4 heteroatoms. The van der Waals surface area contributed by atoms with Crippen LogP contribution in [-0.4, -0.2) is 9.91 Å². The Kier molecular flexibility index (Phi) is 3.01. The van der Waals surface area contributed by atoms with E-state index in [-0.39, 0.29) is 10.6 Å². The lowest BCUT2D eigenvalue weighted by Crippen LogP contribution is -1.91. The molecule has 0 aliphatic heterocycles. The maximum absolute atomic E-state index is 11.1. The number of nitro benzene ring substituents is 1. The second-order valence-corrected chi connectivity index (χ2v) is 5.33. The molecule has 0 bridgehead atoms. The molecule has 0 saturated carbocycles. The van der Waals surface area contributed by atoms with Gasteiger partial charge in [-0.1, -0.05) is 48.5 Å². The molecule has 1 aromatic heterocycles. The number of pyridine rings is 1. The third-order valence-electron chi connectivity index (χ3n) is 3.93. The van der Waals surface area contributed by atoms with Crippen LogP contribution in [0.25, 0.3) is 32.9 Å². The van der Waals surface area contributed by atoms with Crippen molar-refractivity contribution in [1.82, 2.24) is 4.98 Å². The highest BCUT2D eigenvalue weighted by molar-refractivity contribution is 6.09. The third-order valence-corrected chi connectivity index (χ3v) is 3.93. The Morgan fingerprint density at radius 1 is 0.783 bits per heavy atom. The van der Waals surface area contributed by atoms with Gasteiger partial charge in [0.25, 0.3) is 5.69 Å². The average Bonchev–Trinajstić information content (AvgIpc) is 2.59. The van der Waals surface area contributed by atoms with Crippen LogP contribution < -0.4 is 0 Å². The van der Waals surface area contributed by atoms with E-state index in [1.807, 2.05) is 54.6 Å². The van der Waals surface area contributed by atoms with E-state index in [1.165, 1.54) is 6.07 Å². The number of rotatable bonds is 2. The van der Waals surface area contributed by atoms with E-state index in [4.69, 9.17) is 0 Å². The predicted molar refractivity (Wildman–Crippen MR) is 91.3 cm³/mol. The second kappa shape index (κ2) is 5.18. The number of para-hydroxylation sites is 2. The summed E-state index contributed by atoms with van der Waals surface area (Å²) in [5.41, 5.74) is 3.66. The van der Waals surface area contributed by atoms with Crippen molar-refractivity contribution in [2.24, 2.45) is 0 Å². The first-order chi connectivity index (χ1) is 11.2. The van der Waals surface area contributed by atoms with Crippen molar-refractivity contribution in [3.05, 3.63) is 82.9 Å². The molecule has 0 amide bonds. The van der Waals surface area contributed by atoms with Gasteiger partial charge >= 0.3 is 0 Å². The van der Waals surface area contributed by atoms with Crippen molar-refractivity contribution < 1.29 is 4.92 Å². The van der Waals surface area contributed by atoms with Crippen molar-refractivity contribution in [2.75, 3.05) is 0 Å². The monoisotopic (exact) mass is 300 g/mol. The summed E-state index contributed by atoms with van der Waals surface area (Å²) in [6.07, 6.45) is 0. The fourth-order valence-corrected chi connectivity index (χ4v) is 2.93. The number of non-ortho nitro benzene ring substituents is 1. The molecule has 4 nitrogen and oxygen atoms in total. The largest absolute Gasteiger partial charge is 0.270 e. The van der Waals surface area contributed by atoms with Gasteiger partial charge in [0.1, 0.15) is 0 Å². The smallest absolute Gasteiger partial charge is 0.258 e. The number of hydrogen-bond donors (Lipinski definition) is 0. The summed E-state index contributed by atoms with van der Waals surface area (Å²) in [6.45, 7) is 0. The van der Waals surface area contributed by atoms with Gasteiger partial charge in [0, 0.05) is 28.5 Å². The Morgan fingerprint density at radius 3 is 2.00 bits per heavy atom. The van der Waals surface area contributed by atoms with Crippen LogP contribution in [0, 0.1) is 10.1 Å². The fourth-order valence-electron chi connectivity index (χ4n) is 2.93. The molecule has 23 heavy (non-hydrogen) atoms. The highest BCUT2D eigenvalue weighted by atomic mass is 16.6. The normalized spacial score (nSPS) is 11.0. The van der Waals surface area contributed by atoms with Gasteiger partial charge in [-0.3, -0.25) is 10.1 Å². The molecule has 0 aliphatic carbocycles. The minimum Gasteiger partial charge on any atom is -0.258 e. The molecule has 1 heterocycles. The Labute approximate surface area is 132 Å². The molecule has 0 radical (unpaired) electrons. The van der Waals surface area contributed by atoms with Gasteiger partial charge in [-0.05, 0) is 17.7 Å². The Bertz CT molecular complexity index is 1000. The molecule has 0 atom stereocenters. The van der Waals surface area contributed by atoms with E-state index in [2.05, 4.69) is 4.98 Å². The van der Waals surface area contributed by atoms with Crippen LogP contribution in [0.5, 0.6) is 0 Å². The summed E-state index contributed by atoms with van der Waals surface area (Å²) < 4.78 is 0. The fraction of sp³-hybridized carbons (Fsp3) is 0. The van der Waals surface area contributed by atoms with Crippen molar-refractivity contribution in [3.63, 3.8) is 0 Å². The summed E-state index contributed by atoms with van der Waals surface area (Å²) in [5.74, 6) is 0. The van der Waals surface area contributed by atoms with Crippen LogP contribution in [0.1, 0.15) is 0 Å². The first kappa shape index (κ1) is 13.4. The van der Waals surface area contributed by atoms with Crippen molar-refractivity contribution in [1.29, 1.82) is 0 Å². The van der Waals surface area contributed by atoms with Gasteiger partial charge in [-0.15, -0.1) is 0 Å². The second-order valence-electron chi connectivity index (χ2n) is 5.33. The number of fused-ring (bicyclic) bond motifs is 2. The zero-order valence-corrected chi connectivity index (χ0v) is 12.1. The summed E-state index contributed by atoms with van der Waals surface area (Å²) in [5, 5.41) is 13.1. The van der Waals surface area contributed by atoms with Crippen molar-refractivity contribution >= 4 is 27.5 Å². The van der Waals surface area contributed by atoms with Gasteiger partial charge < -0.3 is 0 Å². The number of aromatic nitrogens is 1. The maximum Gasteiger partial charge on any atom is 0.270 e. The predicted octanol–water partition coefficient (Wildman–Crippen LogP) is 4.96. The zero-order valence-electron chi connectivity index (χ0n) is 12.1. The van der Waals surface area contributed by atoms with Gasteiger partial charge in [0.05, 0.1) is 16.0 Å². The van der Waals surface area contributed by atoms with Crippen molar-refractivity contribution in [3.8, 4) is 11.1 Å². The van der Waals surface area contributed by atoms with Gasteiger partial charge in [-0.25, -0.2) is 4.98 Å². The molecule has 3 aromatic carbocycles. The Morgan fingerprint density at radius 2 is 1.39 bits per heavy atom. The molecular formula is C19H12N2O2. The van der Waals surface area contributed by atoms with E-state index in [1.54, 1.807) is 12.1 Å². The molecule has 0 unspecified atom stereocenters. The summed E-state index contributed by atoms with van der Waals surface area (Å²) in [4.78, 5) is 15.4. The van der Waals surface area contributed by atoms with Crippen LogP contribution in [-0.2, 0) is 0 Å². The van der Waals surface area contributed by atoms with Crippen molar-refractivity contribution in [2.45, 2.75) is 0 Å². The van der Waals surface area contributed by atoms with Gasteiger partial charge in [0.15, 0.2) is 0 Å². The highest BCUT2D eigenvalue weighted by Crippen LogP contribution is 2.35. The topological polar surface area (TPSA) is 56.0 Å². The van der Waals surface area contributed by atoms with E-state index in [0.29, 0.717) is 0 Å². The lowest BCUT2D eigenvalue weighted by molar-refractivity contribution is -0.384. The van der Waals surface area contributed by atoms with Crippen LogP contribution in [0.2, 0.25) is 0 Å². The SMILES string of the molecule is O=[N+]([O-])c1cccc(-c2c3ccccc3nc3ccccc23)c1. The quantitative estimate of drug-likeness (QED) is 0.298. The molecule has 4 aromatic rings. The molecule has 0 spiro atoms. The van der Waals surface area contributed by atoms with Gasteiger partial charge in [-0.2, -0.15) is 0 Å². The molecule has 0 saturated heterocycles. The standard InChI is InChI=1S/C19H12N2O2/c22-21(23)14-7-5-6-13(12-14)19-15-8-1-3-10-17(15)20-18-11-4-2-9-16(18)19/h1-12H. The minimum absolute atomic E-state index is 0.0903. The molecule has 0 N–H and O–H groups in total. The number of hydrogen-bond acceptors (Lipinski definition) is 3.